The number of carboxylic acids is 1. The highest BCUT2D eigenvalue weighted by molar-refractivity contribution is 8.00. The molecular formula is C22H21N2O5S+. The lowest BCUT2D eigenvalue weighted by atomic mass is 9.91. The zero-order valence-corrected chi connectivity index (χ0v) is 16.9. The maximum atomic E-state index is 12.4. The zero-order chi connectivity index (χ0) is 20.8. The summed E-state index contributed by atoms with van der Waals surface area (Å²) in [6.45, 7) is 0.565. The van der Waals surface area contributed by atoms with E-state index in [0.717, 1.165) is 22.2 Å². The summed E-state index contributed by atoms with van der Waals surface area (Å²) in [6, 6.07) is 12.9. The summed E-state index contributed by atoms with van der Waals surface area (Å²) in [5, 5.41) is 19.5. The molecule has 2 fully saturated rings. The molecule has 2 N–H and O–H groups in total. The van der Waals surface area contributed by atoms with Gasteiger partial charge in [0.1, 0.15) is 6.04 Å². The van der Waals surface area contributed by atoms with E-state index in [0.29, 0.717) is 13.0 Å². The number of pyridine rings is 1. The van der Waals surface area contributed by atoms with Crippen molar-refractivity contribution in [3.05, 3.63) is 66.1 Å². The van der Waals surface area contributed by atoms with Crippen LogP contribution in [-0.2, 0) is 16.1 Å². The standard InChI is InChI=1S/C22H20N2O5S/c25-10-7-16-19(26)24-17(22(27)28)18(30-21(16)24)14-5-3-13(4-6-14)12-23-9-1-2-15-8-11-29-20(15)23/h1-6,8-9,11,16-18,21,25H,7,10,12H2/p+1/t16-,17?,18?,21+/m0/s1. The number of benzene rings is 1. The summed E-state index contributed by atoms with van der Waals surface area (Å²) < 4.78 is 7.60. The lowest BCUT2D eigenvalue weighted by Crippen LogP contribution is -2.61. The number of carboxylic acid groups (broad SMARTS) is 1. The molecule has 0 radical (unpaired) electrons. The first-order valence-corrected chi connectivity index (χ1v) is 10.8. The Hall–Kier alpha value is -2.84. The van der Waals surface area contributed by atoms with Gasteiger partial charge in [-0.3, -0.25) is 4.79 Å². The summed E-state index contributed by atoms with van der Waals surface area (Å²) in [5.41, 5.74) is 2.76. The zero-order valence-electron chi connectivity index (χ0n) is 16.0. The van der Waals surface area contributed by atoms with Gasteiger partial charge in [0.15, 0.2) is 12.7 Å². The van der Waals surface area contributed by atoms with Crippen molar-refractivity contribution in [2.45, 2.75) is 29.6 Å². The van der Waals surface area contributed by atoms with Gasteiger partial charge >= 0.3 is 11.7 Å². The minimum Gasteiger partial charge on any atom is -0.480 e. The first-order valence-electron chi connectivity index (χ1n) is 9.84. The number of hydrogen-bond donors (Lipinski definition) is 2. The molecule has 4 atom stereocenters. The van der Waals surface area contributed by atoms with Gasteiger partial charge in [-0.15, -0.1) is 11.8 Å². The van der Waals surface area contributed by atoms with Gasteiger partial charge in [-0.25, -0.2) is 4.79 Å². The highest BCUT2D eigenvalue weighted by Gasteiger charge is 2.60. The van der Waals surface area contributed by atoms with Crippen LogP contribution in [0.25, 0.3) is 11.1 Å². The molecule has 2 unspecified atom stereocenters. The Kier molecular flexibility index (Phi) is 4.75. The fourth-order valence-electron chi connectivity index (χ4n) is 4.42. The molecule has 30 heavy (non-hydrogen) atoms. The molecule has 2 saturated heterocycles. The van der Waals surface area contributed by atoms with Crippen LogP contribution in [0.1, 0.15) is 22.8 Å². The van der Waals surface area contributed by atoms with Crippen molar-refractivity contribution >= 4 is 34.7 Å². The van der Waals surface area contributed by atoms with Crippen LogP contribution < -0.4 is 4.57 Å². The largest absolute Gasteiger partial charge is 0.480 e. The molecule has 2 aliphatic rings. The topological polar surface area (TPSA) is 94.9 Å². The predicted octanol–water partition coefficient (Wildman–Crippen LogP) is 2.18. The van der Waals surface area contributed by atoms with Crippen LogP contribution >= 0.6 is 11.8 Å². The summed E-state index contributed by atoms with van der Waals surface area (Å²) in [5.74, 6) is -1.46. The number of fused-ring (bicyclic) bond motifs is 2. The van der Waals surface area contributed by atoms with E-state index in [2.05, 4.69) is 0 Å². The van der Waals surface area contributed by atoms with Crippen molar-refractivity contribution in [1.82, 2.24) is 4.90 Å². The first-order chi connectivity index (χ1) is 14.6. The Bertz CT molecular complexity index is 1110. The molecule has 0 saturated carbocycles. The number of carbonyl (C=O) groups is 2. The first kappa shape index (κ1) is 19.1. The highest BCUT2D eigenvalue weighted by atomic mass is 32.2. The third kappa shape index (κ3) is 2.98. The highest BCUT2D eigenvalue weighted by Crippen LogP contribution is 2.55. The number of furan rings is 1. The number of aliphatic hydroxyl groups is 1. The van der Waals surface area contributed by atoms with Gasteiger partial charge in [-0.1, -0.05) is 24.3 Å². The molecule has 2 aliphatic heterocycles. The molecule has 7 nitrogen and oxygen atoms in total. The molecule has 3 aromatic rings. The van der Waals surface area contributed by atoms with Gasteiger partial charge in [-0.2, -0.15) is 4.57 Å². The summed E-state index contributed by atoms with van der Waals surface area (Å²) in [7, 11) is 0. The monoisotopic (exact) mass is 425 g/mol. The van der Waals surface area contributed by atoms with Crippen LogP contribution in [0, 0.1) is 5.92 Å². The van der Waals surface area contributed by atoms with Gasteiger partial charge in [-0.05, 0) is 24.1 Å². The van der Waals surface area contributed by atoms with Crippen molar-refractivity contribution in [3.63, 3.8) is 0 Å². The van der Waals surface area contributed by atoms with E-state index in [1.54, 1.807) is 6.26 Å². The van der Waals surface area contributed by atoms with Gasteiger partial charge in [0.25, 0.3) is 0 Å². The quantitative estimate of drug-likeness (QED) is 0.464. The van der Waals surface area contributed by atoms with Crippen molar-refractivity contribution in [3.8, 4) is 0 Å². The molecule has 1 amide bonds. The third-order valence-corrected chi connectivity index (χ3v) is 7.55. The molecule has 1 aromatic carbocycles. The number of aliphatic hydroxyl groups excluding tert-OH is 1. The number of rotatable bonds is 6. The van der Waals surface area contributed by atoms with E-state index in [9.17, 15) is 19.8 Å². The van der Waals surface area contributed by atoms with E-state index in [4.69, 9.17) is 4.42 Å². The minimum atomic E-state index is -0.991. The lowest BCUT2D eigenvalue weighted by Gasteiger charge is -2.43. The number of aliphatic carboxylic acids is 1. The fraction of sp³-hybridized carbons (Fsp3) is 0.318. The Labute approximate surface area is 176 Å². The van der Waals surface area contributed by atoms with E-state index in [-0.39, 0.29) is 29.1 Å². The lowest BCUT2D eigenvalue weighted by molar-refractivity contribution is -0.668. The second-order valence-corrected chi connectivity index (χ2v) is 8.92. The predicted molar refractivity (Wildman–Crippen MR) is 110 cm³/mol. The minimum absolute atomic E-state index is 0.0709. The van der Waals surface area contributed by atoms with E-state index in [1.807, 2.05) is 53.2 Å². The molecule has 4 heterocycles. The molecule has 0 aliphatic carbocycles. The SMILES string of the molecule is O=C(O)C1C(c2ccc(C[n+]3cccc4ccoc43)cc2)S[C@@H]2[C@@H](CCO)C(=O)N12. The van der Waals surface area contributed by atoms with Crippen LogP contribution in [0.4, 0.5) is 0 Å². The van der Waals surface area contributed by atoms with Crippen LogP contribution in [-0.4, -0.2) is 45.0 Å². The fourth-order valence-corrected chi connectivity index (χ4v) is 6.23. The second kappa shape index (κ2) is 7.45. The van der Waals surface area contributed by atoms with Gasteiger partial charge in [0.05, 0.1) is 28.2 Å². The van der Waals surface area contributed by atoms with Crippen LogP contribution in [0.2, 0.25) is 0 Å². The van der Waals surface area contributed by atoms with E-state index >= 15 is 0 Å². The number of carbonyl (C=O) groups excluding carboxylic acids is 1. The number of aromatic nitrogens is 1. The maximum Gasteiger partial charge on any atom is 0.380 e. The van der Waals surface area contributed by atoms with Crippen molar-refractivity contribution < 1.29 is 28.8 Å². The average molecular weight is 425 g/mol. The Morgan fingerprint density at radius 1 is 1.20 bits per heavy atom. The number of amides is 1. The Morgan fingerprint density at radius 3 is 2.73 bits per heavy atom. The normalized spacial score (nSPS) is 25.4. The molecular weight excluding hydrogens is 404 g/mol. The van der Waals surface area contributed by atoms with Crippen LogP contribution in [0.15, 0.2) is 59.3 Å². The summed E-state index contributed by atoms with van der Waals surface area (Å²) >= 11 is 1.51. The smallest absolute Gasteiger partial charge is 0.380 e. The van der Waals surface area contributed by atoms with Gasteiger partial charge in [0.2, 0.25) is 5.91 Å². The van der Waals surface area contributed by atoms with Crippen LogP contribution in [0.3, 0.4) is 0 Å². The molecule has 154 valence electrons. The second-order valence-electron chi connectivity index (χ2n) is 7.65. The number of hydrogen-bond acceptors (Lipinski definition) is 5. The molecule has 2 aromatic heterocycles. The van der Waals surface area contributed by atoms with Crippen molar-refractivity contribution in [1.29, 1.82) is 0 Å². The Balaban J connectivity index is 1.38. The molecule has 5 rings (SSSR count). The molecule has 0 bridgehead atoms. The summed E-state index contributed by atoms with van der Waals surface area (Å²) in [4.78, 5) is 25.8. The Morgan fingerprint density at radius 2 is 2.00 bits per heavy atom. The van der Waals surface area contributed by atoms with Crippen LogP contribution in [0.5, 0.6) is 0 Å². The van der Waals surface area contributed by atoms with Gasteiger partial charge < -0.3 is 19.5 Å². The third-order valence-electron chi connectivity index (χ3n) is 5.89. The molecule has 0 spiro atoms. The maximum absolute atomic E-state index is 12.4. The van der Waals surface area contributed by atoms with E-state index in [1.165, 1.54) is 16.7 Å². The number of β-lactam (4-membered cyclic amide) rings is 1. The number of thioether (sulfide) groups is 1. The summed E-state index contributed by atoms with van der Waals surface area (Å²) in [6.07, 6.45) is 4.01. The van der Waals surface area contributed by atoms with Crippen molar-refractivity contribution in [2.24, 2.45) is 5.92 Å². The average Bonchev–Trinajstić information content (AvgIpc) is 3.36. The van der Waals surface area contributed by atoms with Gasteiger partial charge in [0, 0.05) is 18.2 Å². The number of nitrogens with zero attached hydrogens (tertiary/aromatic N) is 2. The van der Waals surface area contributed by atoms with E-state index < -0.39 is 12.0 Å². The molecule has 8 heteroatoms. The van der Waals surface area contributed by atoms with Crippen molar-refractivity contribution in [2.75, 3.05) is 6.61 Å².